The van der Waals surface area contributed by atoms with Crippen molar-refractivity contribution < 1.29 is 9.53 Å². The Morgan fingerprint density at radius 1 is 1.22 bits per heavy atom. The molecule has 1 amide bonds. The molecule has 4 nitrogen and oxygen atoms in total. The van der Waals surface area contributed by atoms with Gasteiger partial charge in [0.1, 0.15) is 5.75 Å². The largest absolute Gasteiger partial charge is 0.496 e. The zero-order valence-corrected chi connectivity index (χ0v) is 14.1. The highest BCUT2D eigenvalue weighted by atomic mass is 16.5. The number of methoxy groups -OCH3 is 1. The molecular formula is C19H28N2O2. The predicted molar refractivity (Wildman–Crippen MR) is 91.5 cm³/mol. The first-order valence-corrected chi connectivity index (χ1v) is 8.94. The lowest BCUT2D eigenvalue weighted by Crippen LogP contribution is -2.39. The van der Waals surface area contributed by atoms with Gasteiger partial charge in [0.2, 0.25) is 5.91 Å². The van der Waals surface area contributed by atoms with Crippen LogP contribution in [0.25, 0.3) is 0 Å². The maximum absolute atomic E-state index is 12.4. The van der Waals surface area contributed by atoms with Crippen LogP contribution in [0.5, 0.6) is 5.75 Å². The lowest BCUT2D eigenvalue weighted by molar-refractivity contribution is -0.125. The summed E-state index contributed by atoms with van der Waals surface area (Å²) in [5, 5.41) is 3.22. The monoisotopic (exact) mass is 316 g/mol. The van der Waals surface area contributed by atoms with E-state index in [1.54, 1.807) is 7.11 Å². The Morgan fingerprint density at radius 3 is 2.61 bits per heavy atom. The first-order valence-electron chi connectivity index (χ1n) is 8.94. The summed E-state index contributed by atoms with van der Waals surface area (Å²) in [5.74, 6) is 1.38. The Morgan fingerprint density at radius 2 is 1.91 bits per heavy atom. The second kappa shape index (κ2) is 7.82. The molecule has 0 spiro atoms. The van der Waals surface area contributed by atoms with E-state index in [2.05, 4.69) is 22.3 Å². The third-order valence-electron chi connectivity index (χ3n) is 5.27. The van der Waals surface area contributed by atoms with Gasteiger partial charge in [0, 0.05) is 18.0 Å². The Bertz CT molecular complexity index is 520. The van der Waals surface area contributed by atoms with E-state index >= 15 is 0 Å². The van der Waals surface area contributed by atoms with Crippen molar-refractivity contribution in [1.82, 2.24) is 10.2 Å². The van der Waals surface area contributed by atoms with E-state index in [-0.39, 0.29) is 17.9 Å². The van der Waals surface area contributed by atoms with Crippen molar-refractivity contribution in [2.45, 2.75) is 44.6 Å². The zero-order valence-electron chi connectivity index (χ0n) is 14.1. The molecule has 3 rings (SSSR count). The molecule has 0 radical (unpaired) electrons. The number of carbonyl (C=O) groups is 1. The van der Waals surface area contributed by atoms with Gasteiger partial charge >= 0.3 is 0 Å². The molecule has 1 saturated carbocycles. The lowest BCUT2D eigenvalue weighted by Gasteiger charge is -2.29. The van der Waals surface area contributed by atoms with Gasteiger partial charge < -0.3 is 10.1 Å². The standard InChI is InChI=1S/C19H28N2O2/c1-23-18-11-5-4-10-16(18)17(21-12-6-7-13-21)14-20-19(22)15-8-2-3-9-15/h4-5,10-11,15,17H,2-3,6-9,12-14H2,1H3,(H,20,22)/t17-/m0/s1. The fourth-order valence-corrected chi connectivity index (χ4v) is 3.96. The van der Waals surface area contributed by atoms with Gasteiger partial charge in [0.05, 0.1) is 13.2 Å². The van der Waals surface area contributed by atoms with E-state index in [0.29, 0.717) is 6.54 Å². The molecule has 0 aromatic heterocycles. The van der Waals surface area contributed by atoms with Crippen LogP contribution in [0.1, 0.15) is 50.1 Å². The lowest BCUT2D eigenvalue weighted by atomic mass is 10.0. The summed E-state index contributed by atoms with van der Waals surface area (Å²) in [5.41, 5.74) is 1.18. The van der Waals surface area contributed by atoms with Crippen LogP contribution in [0.2, 0.25) is 0 Å². The topological polar surface area (TPSA) is 41.6 Å². The smallest absolute Gasteiger partial charge is 0.223 e. The van der Waals surface area contributed by atoms with Gasteiger partial charge in [-0.15, -0.1) is 0 Å². The van der Waals surface area contributed by atoms with Crippen LogP contribution in [0.4, 0.5) is 0 Å². The third kappa shape index (κ3) is 3.86. The van der Waals surface area contributed by atoms with Crippen LogP contribution in [-0.4, -0.2) is 37.6 Å². The van der Waals surface area contributed by atoms with E-state index in [1.165, 1.54) is 31.2 Å². The fraction of sp³-hybridized carbons (Fsp3) is 0.632. The Hall–Kier alpha value is -1.55. The third-order valence-corrected chi connectivity index (χ3v) is 5.27. The normalized spacial score (nSPS) is 20.6. The summed E-state index contributed by atoms with van der Waals surface area (Å²) in [6.07, 6.45) is 6.97. The van der Waals surface area contributed by atoms with Gasteiger partial charge in [-0.3, -0.25) is 9.69 Å². The van der Waals surface area contributed by atoms with Crippen LogP contribution < -0.4 is 10.1 Å². The van der Waals surface area contributed by atoms with Crippen LogP contribution >= 0.6 is 0 Å². The number of hydrogen-bond donors (Lipinski definition) is 1. The molecule has 1 aliphatic heterocycles. The number of hydrogen-bond acceptors (Lipinski definition) is 3. The summed E-state index contributed by atoms with van der Waals surface area (Å²) >= 11 is 0. The second-order valence-electron chi connectivity index (χ2n) is 6.73. The van der Waals surface area contributed by atoms with Crippen molar-refractivity contribution >= 4 is 5.91 Å². The van der Waals surface area contributed by atoms with Gasteiger partial charge in [-0.25, -0.2) is 0 Å². The van der Waals surface area contributed by atoms with Crippen molar-refractivity contribution in [3.63, 3.8) is 0 Å². The molecule has 0 unspecified atom stereocenters. The SMILES string of the molecule is COc1ccccc1[C@H](CNC(=O)C1CCCC1)N1CCCC1. The molecule has 1 heterocycles. The molecule has 1 aliphatic carbocycles. The Labute approximate surface area is 139 Å². The maximum atomic E-state index is 12.4. The van der Waals surface area contributed by atoms with Crippen molar-refractivity contribution in [3.05, 3.63) is 29.8 Å². The highest BCUT2D eigenvalue weighted by Gasteiger charge is 2.28. The van der Waals surface area contributed by atoms with Crippen molar-refractivity contribution in [3.8, 4) is 5.75 Å². The van der Waals surface area contributed by atoms with Gasteiger partial charge in [-0.1, -0.05) is 31.0 Å². The van der Waals surface area contributed by atoms with Gasteiger partial charge in [-0.05, 0) is 44.8 Å². The minimum absolute atomic E-state index is 0.207. The summed E-state index contributed by atoms with van der Waals surface area (Å²) in [4.78, 5) is 14.9. The molecule has 1 atom stereocenters. The van der Waals surface area contributed by atoms with Crippen LogP contribution in [0.3, 0.4) is 0 Å². The highest BCUT2D eigenvalue weighted by molar-refractivity contribution is 5.78. The van der Waals surface area contributed by atoms with E-state index in [1.807, 2.05) is 12.1 Å². The Kier molecular flexibility index (Phi) is 5.55. The van der Waals surface area contributed by atoms with E-state index < -0.39 is 0 Å². The molecular weight excluding hydrogens is 288 g/mol. The molecule has 1 aromatic rings. The van der Waals surface area contributed by atoms with Crippen molar-refractivity contribution in [2.24, 2.45) is 5.92 Å². The average Bonchev–Trinajstić information content (AvgIpc) is 3.29. The number of carbonyl (C=O) groups excluding carboxylic acids is 1. The van der Waals surface area contributed by atoms with Crippen LogP contribution in [-0.2, 0) is 4.79 Å². The molecule has 2 aliphatic rings. The number of benzene rings is 1. The summed E-state index contributed by atoms with van der Waals surface area (Å²) < 4.78 is 5.55. The van der Waals surface area contributed by atoms with Gasteiger partial charge in [0.25, 0.3) is 0 Å². The molecule has 1 N–H and O–H groups in total. The second-order valence-corrected chi connectivity index (χ2v) is 6.73. The number of nitrogens with zero attached hydrogens (tertiary/aromatic N) is 1. The number of ether oxygens (including phenoxy) is 1. The molecule has 0 bridgehead atoms. The van der Waals surface area contributed by atoms with Gasteiger partial charge in [0.15, 0.2) is 0 Å². The average molecular weight is 316 g/mol. The Balaban J connectivity index is 1.71. The maximum Gasteiger partial charge on any atom is 0.223 e. The summed E-state index contributed by atoms with van der Waals surface area (Å²) in [6.45, 7) is 2.87. The summed E-state index contributed by atoms with van der Waals surface area (Å²) in [6, 6.07) is 8.40. The highest BCUT2D eigenvalue weighted by Crippen LogP contribution is 2.31. The minimum atomic E-state index is 0.207. The molecule has 1 saturated heterocycles. The van der Waals surface area contributed by atoms with Crippen molar-refractivity contribution in [1.29, 1.82) is 0 Å². The minimum Gasteiger partial charge on any atom is -0.496 e. The predicted octanol–water partition coefficient (Wildman–Crippen LogP) is 3.14. The van der Waals surface area contributed by atoms with E-state index in [9.17, 15) is 4.79 Å². The summed E-state index contributed by atoms with van der Waals surface area (Å²) in [7, 11) is 1.72. The van der Waals surface area contributed by atoms with E-state index in [0.717, 1.165) is 31.7 Å². The van der Waals surface area contributed by atoms with E-state index in [4.69, 9.17) is 4.74 Å². The molecule has 4 heteroatoms. The molecule has 1 aromatic carbocycles. The first kappa shape index (κ1) is 16.3. The van der Waals surface area contributed by atoms with Gasteiger partial charge in [-0.2, -0.15) is 0 Å². The van der Waals surface area contributed by atoms with Crippen molar-refractivity contribution in [2.75, 3.05) is 26.7 Å². The molecule has 23 heavy (non-hydrogen) atoms. The number of para-hydroxylation sites is 1. The number of rotatable bonds is 6. The number of nitrogens with one attached hydrogen (secondary N) is 1. The quantitative estimate of drug-likeness (QED) is 0.876. The fourth-order valence-electron chi connectivity index (χ4n) is 3.96. The molecule has 2 fully saturated rings. The van der Waals surface area contributed by atoms with Crippen LogP contribution in [0.15, 0.2) is 24.3 Å². The molecule has 126 valence electrons. The zero-order chi connectivity index (χ0) is 16.1. The number of likely N-dealkylation sites (tertiary alicyclic amines) is 1. The van der Waals surface area contributed by atoms with Crippen LogP contribution in [0, 0.1) is 5.92 Å². The first-order chi connectivity index (χ1) is 11.3. The number of amides is 1.